The van der Waals surface area contributed by atoms with Gasteiger partial charge in [-0.3, -0.25) is 9.36 Å². The molecule has 35 heavy (non-hydrogen) atoms. The lowest BCUT2D eigenvalue weighted by Crippen LogP contribution is -2.40. The van der Waals surface area contributed by atoms with E-state index in [4.69, 9.17) is 14.2 Å². The zero-order valence-electron chi connectivity index (χ0n) is 20.0. The van der Waals surface area contributed by atoms with Crippen molar-refractivity contribution in [2.24, 2.45) is 4.99 Å². The van der Waals surface area contributed by atoms with Gasteiger partial charge in [0.15, 0.2) is 4.80 Å². The second-order valence-corrected chi connectivity index (χ2v) is 10.0. The maximum Gasteiger partial charge on any atom is 0.338 e. The predicted molar refractivity (Wildman–Crippen MR) is 139 cm³/mol. The van der Waals surface area contributed by atoms with E-state index in [0.29, 0.717) is 37.7 Å². The Kier molecular flexibility index (Phi) is 7.28. The second kappa shape index (κ2) is 10.2. The van der Waals surface area contributed by atoms with Gasteiger partial charge in [0.1, 0.15) is 11.5 Å². The van der Waals surface area contributed by atoms with Crippen molar-refractivity contribution in [1.82, 2.24) is 4.57 Å². The number of nitrogens with zero attached hydrogens (tertiary/aromatic N) is 2. The van der Waals surface area contributed by atoms with Crippen molar-refractivity contribution >= 4 is 39.3 Å². The number of esters is 1. The highest BCUT2D eigenvalue weighted by Crippen LogP contribution is 2.33. The number of aromatic nitrogens is 1. The van der Waals surface area contributed by atoms with Crippen LogP contribution in [0.2, 0.25) is 0 Å². The molecule has 0 radical (unpaired) electrons. The fourth-order valence-electron chi connectivity index (χ4n) is 3.95. The molecular formula is C26H25BrN2O5S. The Morgan fingerprint density at radius 2 is 1.83 bits per heavy atom. The molecule has 0 N–H and O–H groups in total. The summed E-state index contributed by atoms with van der Waals surface area (Å²) in [7, 11) is 3.14. The van der Waals surface area contributed by atoms with Gasteiger partial charge in [0.25, 0.3) is 5.56 Å². The molecule has 0 aliphatic carbocycles. The van der Waals surface area contributed by atoms with Crippen molar-refractivity contribution in [3.63, 3.8) is 0 Å². The summed E-state index contributed by atoms with van der Waals surface area (Å²) in [6.45, 7) is 5.36. The van der Waals surface area contributed by atoms with Crippen molar-refractivity contribution in [2.45, 2.75) is 32.9 Å². The Balaban J connectivity index is 1.95. The summed E-state index contributed by atoms with van der Waals surface area (Å²) >= 11 is 4.76. The van der Waals surface area contributed by atoms with E-state index in [2.05, 4.69) is 20.9 Å². The first kappa shape index (κ1) is 24.9. The van der Waals surface area contributed by atoms with Crippen LogP contribution in [-0.4, -0.2) is 30.9 Å². The van der Waals surface area contributed by atoms with Crippen LogP contribution in [-0.2, 0) is 9.53 Å². The Labute approximate surface area is 215 Å². The normalized spacial score (nSPS) is 15.6. The molecule has 1 aliphatic heterocycles. The Hall–Kier alpha value is -3.17. The topological polar surface area (TPSA) is 79.1 Å². The van der Waals surface area contributed by atoms with Gasteiger partial charge in [-0.15, -0.1) is 0 Å². The quantitative estimate of drug-likeness (QED) is 0.429. The minimum absolute atomic E-state index is 0.251. The Morgan fingerprint density at radius 3 is 2.46 bits per heavy atom. The third-order valence-electron chi connectivity index (χ3n) is 5.49. The summed E-state index contributed by atoms with van der Waals surface area (Å²) in [4.78, 5) is 32.0. The van der Waals surface area contributed by atoms with Crippen LogP contribution in [0, 0.1) is 0 Å². The number of rotatable bonds is 6. The zero-order chi connectivity index (χ0) is 25.3. The van der Waals surface area contributed by atoms with E-state index < -0.39 is 12.0 Å². The Bertz CT molecular complexity index is 1490. The van der Waals surface area contributed by atoms with Crippen LogP contribution in [0.15, 0.2) is 68.0 Å². The number of carbonyl (C=O) groups is 1. The number of hydrogen-bond donors (Lipinski definition) is 0. The molecule has 0 saturated heterocycles. The molecule has 182 valence electrons. The second-order valence-electron chi connectivity index (χ2n) is 8.18. The maximum atomic E-state index is 13.7. The van der Waals surface area contributed by atoms with E-state index in [-0.39, 0.29) is 11.7 Å². The molecular weight excluding hydrogens is 532 g/mol. The molecule has 0 bridgehead atoms. The van der Waals surface area contributed by atoms with Gasteiger partial charge in [-0.25, -0.2) is 9.79 Å². The van der Waals surface area contributed by atoms with E-state index in [0.717, 1.165) is 10.0 Å². The number of benzene rings is 2. The molecule has 1 aromatic heterocycles. The van der Waals surface area contributed by atoms with Crippen LogP contribution in [0.25, 0.3) is 6.08 Å². The maximum absolute atomic E-state index is 13.7. The number of hydrogen-bond acceptors (Lipinski definition) is 7. The highest BCUT2D eigenvalue weighted by Gasteiger charge is 2.33. The van der Waals surface area contributed by atoms with E-state index in [1.165, 1.54) is 11.3 Å². The van der Waals surface area contributed by atoms with Gasteiger partial charge in [0, 0.05) is 11.6 Å². The van der Waals surface area contributed by atoms with Crippen LogP contribution < -0.4 is 24.4 Å². The van der Waals surface area contributed by atoms with Crippen LogP contribution in [0.3, 0.4) is 0 Å². The van der Waals surface area contributed by atoms with Crippen LogP contribution in [0.1, 0.15) is 37.9 Å². The number of fused-ring (bicyclic) bond motifs is 1. The number of carbonyl (C=O) groups excluding carboxylic acids is 1. The molecule has 3 aromatic rings. The van der Waals surface area contributed by atoms with Gasteiger partial charge in [0.05, 0.1) is 46.6 Å². The lowest BCUT2D eigenvalue weighted by Gasteiger charge is -2.25. The third kappa shape index (κ3) is 4.83. The summed E-state index contributed by atoms with van der Waals surface area (Å²) < 4.78 is 19.2. The average molecular weight is 557 g/mol. The summed E-state index contributed by atoms with van der Waals surface area (Å²) in [6, 6.07) is 12.4. The first-order valence-corrected chi connectivity index (χ1v) is 12.6. The zero-order valence-corrected chi connectivity index (χ0v) is 22.4. The SMILES string of the molecule is COc1cc(OC)c(C=c2sc3n(c2=O)C(c2ccccc2)C(C(=O)OC(C)C)=C(C)N=3)cc1Br. The van der Waals surface area contributed by atoms with Crippen molar-refractivity contribution in [3.05, 3.63) is 89.0 Å². The van der Waals surface area contributed by atoms with Crippen molar-refractivity contribution in [1.29, 1.82) is 0 Å². The molecule has 0 saturated carbocycles. The first-order chi connectivity index (χ1) is 16.7. The van der Waals surface area contributed by atoms with Gasteiger partial charge in [-0.1, -0.05) is 41.7 Å². The van der Waals surface area contributed by atoms with Gasteiger partial charge in [-0.05, 0) is 54.4 Å². The van der Waals surface area contributed by atoms with Crippen molar-refractivity contribution < 1.29 is 19.0 Å². The number of methoxy groups -OCH3 is 2. The molecule has 9 heteroatoms. The highest BCUT2D eigenvalue weighted by atomic mass is 79.9. The van der Waals surface area contributed by atoms with Gasteiger partial charge < -0.3 is 14.2 Å². The fraction of sp³-hybridized carbons (Fsp3) is 0.269. The van der Waals surface area contributed by atoms with Gasteiger partial charge >= 0.3 is 5.97 Å². The minimum atomic E-state index is -0.648. The van der Waals surface area contributed by atoms with Gasteiger partial charge in [0.2, 0.25) is 0 Å². The molecule has 2 aromatic carbocycles. The number of allylic oxidation sites excluding steroid dienone is 1. The summed E-state index contributed by atoms with van der Waals surface area (Å²) in [5.74, 6) is 0.700. The lowest BCUT2D eigenvalue weighted by atomic mass is 9.96. The summed E-state index contributed by atoms with van der Waals surface area (Å²) in [5, 5.41) is 0. The molecule has 0 fully saturated rings. The number of thiazole rings is 1. The molecule has 0 spiro atoms. The van der Waals surface area contributed by atoms with E-state index in [9.17, 15) is 9.59 Å². The minimum Gasteiger partial charge on any atom is -0.496 e. The molecule has 0 amide bonds. The Morgan fingerprint density at radius 1 is 1.14 bits per heavy atom. The summed E-state index contributed by atoms with van der Waals surface area (Å²) in [5.41, 5.74) is 2.14. The highest BCUT2D eigenvalue weighted by molar-refractivity contribution is 9.10. The molecule has 1 unspecified atom stereocenters. The molecule has 1 aliphatic rings. The molecule has 1 atom stereocenters. The average Bonchev–Trinajstić information content (AvgIpc) is 3.12. The number of ether oxygens (including phenoxy) is 3. The largest absolute Gasteiger partial charge is 0.496 e. The fourth-order valence-corrected chi connectivity index (χ4v) is 5.51. The van der Waals surface area contributed by atoms with Crippen LogP contribution >= 0.6 is 27.3 Å². The van der Waals surface area contributed by atoms with Crippen LogP contribution in [0.4, 0.5) is 0 Å². The van der Waals surface area contributed by atoms with E-state index in [1.807, 2.05) is 36.4 Å². The van der Waals surface area contributed by atoms with Gasteiger partial charge in [-0.2, -0.15) is 0 Å². The summed E-state index contributed by atoms with van der Waals surface area (Å²) in [6.07, 6.45) is 1.46. The van der Waals surface area contributed by atoms with E-state index >= 15 is 0 Å². The predicted octanol–water partition coefficient (Wildman–Crippen LogP) is 3.97. The number of halogens is 1. The van der Waals surface area contributed by atoms with Crippen molar-refractivity contribution in [3.8, 4) is 11.5 Å². The molecule has 2 heterocycles. The third-order valence-corrected chi connectivity index (χ3v) is 7.09. The van der Waals surface area contributed by atoms with Crippen LogP contribution in [0.5, 0.6) is 11.5 Å². The van der Waals surface area contributed by atoms with E-state index in [1.54, 1.807) is 51.7 Å². The smallest absolute Gasteiger partial charge is 0.338 e. The first-order valence-electron chi connectivity index (χ1n) is 10.9. The standard InChI is InChI=1S/C26H25BrN2O5S/c1-14(2)34-25(31)22-15(3)28-26-29(23(22)16-9-7-6-8-10-16)24(30)21(35-26)12-17-11-18(27)20(33-5)13-19(17)32-4/h6-14,23H,1-5H3. The molecule has 4 rings (SSSR count). The lowest BCUT2D eigenvalue weighted by molar-refractivity contribution is -0.143. The molecule has 7 nitrogen and oxygen atoms in total. The van der Waals surface area contributed by atoms with Crippen molar-refractivity contribution in [2.75, 3.05) is 14.2 Å². The monoisotopic (exact) mass is 556 g/mol.